The summed E-state index contributed by atoms with van der Waals surface area (Å²) in [4.78, 5) is 1.96. The van der Waals surface area contributed by atoms with E-state index in [1.807, 2.05) is 11.8 Å². The predicted molar refractivity (Wildman–Crippen MR) is 70.0 cm³/mol. The van der Waals surface area contributed by atoms with E-state index in [-0.39, 0.29) is 17.7 Å². The van der Waals surface area contributed by atoms with Crippen LogP contribution in [0.15, 0.2) is 12.1 Å². The summed E-state index contributed by atoms with van der Waals surface area (Å²) >= 11 is 0. The molecule has 0 amide bonds. The molecule has 18 heavy (non-hydrogen) atoms. The summed E-state index contributed by atoms with van der Waals surface area (Å²) in [5.74, 6) is -0.678. The number of benzene rings is 1. The molecule has 2 rings (SSSR count). The van der Waals surface area contributed by atoms with Crippen molar-refractivity contribution in [3.63, 3.8) is 0 Å². The highest BCUT2D eigenvalue weighted by Gasteiger charge is 2.26. The second kappa shape index (κ2) is 5.22. The van der Waals surface area contributed by atoms with Gasteiger partial charge < -0.3 is 10.2 Å². The Morgan fingerprint density at radius 1 is 1.33 bits per heavy atom. The highest BCUT2D eigenvalue weighted by Crippen LogP contribution is 2.26. The molecule has 0 radical (unpaired) electrons. The number of anilines is 1. The summed E-state index contributed by atoms with van der Waals surface area (Å²) in [6.45, 7) is 7.22. The maximum atomic E-state index is 14.0. The van der Waals surface area contributed by atoms with E-state index in [1.54, 1.807) is 6.92 Å². The molecule has 1 N–H and O–H groups in total. The Kier molecular flexibility index (Phi) is 3.85. The smallest absolute Gasteiger partial charge is 0.146 e. The Bertz CT molecular complexity index is 434. The summed E-state index contributed by atoms with van der Waals surface area (Å²) in [6, 6.07) is 3.11. The van der Waals surface area contributed by atoms with Crippen LogP contribution in [-0.2, 0) is 0 Å². The third-order valence-corrected chi connectivity index (χ3v) is 3.68. The fourth-order valence-electron chi connectivity index (χ4n) is 2.39. The molecule has 0 bridgehead atoms. The fourth-order valence-corrected chi connectivity index (χ4v) is 2.39. The van der Waals surface area contributed by atoms with Crippen molar-refractivity contribution < 1.29 is 8.78 Å². The van der Waals surface area contributed by atoms with Gasteiger partial charge in [0.15, 0.2) is 0 Å². The minimum absolute atomic E-state index is 0.171. The van der Waals surface area contributed by atoms with Crippen LogP contribution in [0.25, 0.3) is 0 Å². The maximum Gasteiger partial charge on any atom is 0.146 e. The minimum atomic E-state index is -0.342. The number of piperazine rings is 1. The molecule has 2 nitrogen and oxygen atoms in total. The van der Waals surface area contributed by atoms with Gasteiger partial charge in [0.05, 0.1) is 5.69 Å². The van der Waals surface area contributed by atoms with E-state index in [9.17, 15) is 8.78 Å². The number of hydrogen-bond acceptors (Lipinski definition) is 2. The van der Waals surface area contributed by atoms with Crippen molar-refractivity contribution in [1.29, 1.82) is 0 Å². The van der Waals surface area contributed by atoms with Gasteiger partial charge in [0, 0.05) is 31.2 Å². The molecule has 4 heteroatoms. The Balaban J connectivity index is 2.31. The first kappa shape index (κ1) is 13.3. The van der Waals surface area contributed by atoms with Gasteiger partial charge in [0.25, 0.3) is 0 Å². The van der Waals surface area contributed by atoms with Gasteiger partial charge in [-0.25, -0.2) is 8.78 Å². The average molecular weight is 254 g/mol. The second-order valence-corrected chi connectivity index (χ2v) is 5.07. The first-order valence-electron chi connectivity index (χ1n) is 6.48. The normalized spacial score (nSPS) is 24.4. The maximum absolute atomic E-state index is 14.0. The van der Waals surface area contributed by atoms with Crippen molar-refractivity contribution in [3.8, 4) is 0 Å². The molecule has 1 aromatic rings. The van der Waals surface area contributed by atoms with Gasteiger partial charge in [-0.2, -0.15) is 0 Å². The van der Waals surface area contributed by atoms with Crippen LogP contribution in [0.1, 0.15) is 25.8 Å². The van der Waals surface area contributed by atoms with Crippen molar-refractivity contribution in [3.05, 3.63) is 29.3 Å². The van der Waals surface area contributed by atoms with Gasteiger partial charge in [0.1, 0.15) is 11.6 Å². The molecule has 1 aliphatic heterocycles. The van der Waals surface area contributed by atoms with E-state index < -0.39 is 0 Å². The number of hydrogen-bond donors (Lipinski definition) is 1. The Labute approximate surface area is 107 Å². The second-order valence-electron chi connectivity index (χ2n) is 5.07. The molecular formula is C14H20F2N2. The van der Waals surface area contributed by atoms with Gasteiger partial charge >= 0.3 is 0 Å². The van der Waals surface area contributed by atoms with Crippen LogP contribution >= 0.6 is 0 Å². The lowest BCUT2D eigenvalue weighted by Gasteiger charge is -2.40. The quantitative estimate of drug-likeness (QED) is 0.873. The van der Waals surface area contributed by atoms with Crippen LogP contribution in [0.5, 0.6) is 0 Å². The third-order valence-electron chi connectivity index (χ3n) is 3.68. The zero-order valence-electron chi connectivity index (χ0n) is 11.1. The van der Waals surface area contributed by atoms with Crippen LogP contribution < -0.4 is 10.2 Å². The van der Waals surface area contributed by atoms with E-state index in [1.165, 1.54) is 12.1 Å². The molecule has 0 spiro atoms. The number of rotatable bonds is 2. The monoisotopic (exact) mass is 254 g/mol. The predicted octanol–water partition coefficient (Wildman–Crippen LogP) is 2.85. The molecule has 2 atom stereocenters. The van der Waals surface area contributed by atoms with Gasteiger partial charge in [-0.15, -0.1) is 0 Å². The van der Waals surface area contributed by atoms with Gasteiger partial charge in [-0.3, -0.25) is 0 Å². The van der Waals surface area contributed by atoms with Crippen LogP contribution in [0.4, 0.5) is 14.5 Å². The van der Waals surface area contributed by atoms with E-state index in [2.05, 4.69) is 12.2 Å². The average Bonchev–Trinajstić information content (AvgIpc) is 2.35. The van der Waals surface area contributed by atoms with Crippen LogP contribution in [-0.4, -0.2) is 25.2 Å². The van der Waals surface area contributed by atoms with Crippen molar-refractivity contribution in [2.75, 3.05) is 18.0 Å². The summed E-state index contributed by atoms with van der Waals surface area (Å²) in [5, 5.41) is 3.41. The van der Waals surface area contributed by atoms with E-state index in [0.29, 0.717) is 17.3 Å². The van der Waals surface area contributed by atoms with Crippen LogP contribution in [0.3, 0.4) is 0 Å². The summed E-state index contributed by atoms with van der Waals surface area (Å²) in [7, 11) is 0. The van der Waals surface area contributed by atoms with Crippen molar-refractivity contribution in [2.45, 2.75) is 39.3 Å². The zero-order valence-corrected chi connectivity index (χ0v) is 11.1. The molecule has 100 valence electrons. The number of nitrogens with zero attached hydrogens (tertiary/aromatic N) is 1. The zero-order chi connectivity index (χ0) is 13.3. The molecule has 1 heterocycles. The number of aryl methyl sites for hydroxylation is 1. The molecule has 0 aliphatic carbocycles. The number of nitrogens with one attached hydrogen (secondary N) is 1. The fraction of sp³-hybridized carbons (Fsp3) is 0.571. The minimum Gasteiger partial charge on any atom is -0.364 e. The largest absolute Gasteiger partial charge is 0.364 e. The summed E-state index contributed by atoms with van der Waals surface area (Å²) < 4.78 is 27.6. The van der Waals surface area contributed by atoms with E-state index in [4.69, 9.17) is 0 Å². The number of halogens is 2. The summed E-state index contributed by atoms with van der Waals surface area (Å²) in [5.41, 5.74) is 0.733. The molecular weight excluding hydrogens is 234 g/mol. The molecule has 0 aromatic heterocycles. The molecule has 1 aromatic carbocycles. The first-order chi connectivity index (χ1) is 8.52. The van der Waals surface area contributed by atoms with Crippen molar-refractivity contribution >= 4 is 5.69 Å². The topological polar surface area (TPSA) is 15.3 Å². The van der Waals surface area contributed by atoms with E-state index >= 15 is 0 Å². The Hall–Kier alpha value is -1.16. The highest BCUT2D eigenvalue weighted by atomic mass is 19.1. The SMILES string of the molecule is CCC1CN(c2cc(F)c(C)cc2F)C(C)CN1. The Morgan fingerprint density at radius 2 is 2.06 bits per heavy atom. The lowest BCUT2D eigenvalue weighted by Crippen LogP contribution is -2.55. The Morgan fingerprint density at radius 3 is 2.72 bits per heavy atom. The summed E-state index contributed by atoms with van der Waals surface area (Å²) in [6.07, 6.45) is 0.985. The van der Waals surface area contributed by atoms with Crippen molar-refractivity contribution in [2.24, 2.45) is 0 Å². The van der Waals surface area contributed by atoms with Crippen LogP contribution in [0.2, 0.25) is 0 Å². The lowest BCUT2D eigenvalue weighted by atomic mass is 10.1. The molecule has 2 unspecified atom stereocenters. The molecule has 1 aliphatic rings. The standard InChI is InChI=1S/C14H20F2N2/c1-4-11-8-18(10(3)7-17-11)14-6-12(15)9(2)5-13(14)16/h5-6,10-11,17H,4,7-8H2,1-3H3. The van der Waals surface area contributed by atoms with Gasteiger partial charge in [-0.05, 0) is 31.9 Å². The lowest BCUT2D eigenvalue weighted by molar-refractivity contribution is 0.393. The van der Waals surface area contributed by atoms with Gasteiger partial charge in [0.2, 0.25) is 0 Å². The molecule has 1 fully saturated rings. The van der Waals surface area contributed by atoms with E-state index in [0.717, 1.165) is 19.5 Å². The van der Waals surface area contributed by atoms with Crippen molar-refractivity contribution in [1.82, 2.24) is 5.32 Å². The molecule has 0 saturated carbocycles. The molecule has 1 saturated heterocycles. The third kappa shape index (κ3) is 2.48. The van der Waals surface area contributed by atoms with Gasteiger partial charge in [-0.1, -0.05) is 6.92 Å². The highest BCUT2D eigenvalue weighted by molar-refractivity contribution is 5.51. The van der Waals surface area contributed by atoms with Crippen LogP contribution in [0, 0.1) is 18.6 Å². The first-order valence-corrected chi connectivity index (χ1v) is 6.48.